The highest BCUT2D eigenvalue weighted by Crippen LogP contribution is 2.44. The van der Waals surface area contributed by atoms with Gasteiger partial charge < -0.3 is 4.74 Å². The van der Waals surface area contributed by atoms with Crippen molar-refractivity contribution in [3.05, 3.63) is 41.7 Å². The highest BCUT2D eigenvalue weighted by molar-refractivity contribution is 5.32. The summed E-state index contributed by atoms with van der Waals surface area (Å²) in [4.78, 5) is 0. The molecule has 0 N–H and O–H groups in total. The van der Waals surface area contributed by atoms with Crippen LogP contribution in [0.15, 0.2) is 30.4 Å². The van der Waals surface area contributed by atoms with Crippen LogP contribution in [0.2, 0.25) is 0 Å². The van der Waals surface area contributed by atoms with Gasteiger partial charge in [0.25, 0.3) is 0 Å². The highest BCUT2D eigenvalue weighted by Gasteiger charge is 2.30. The van der Waals surface area contributed by atoms with Crippen molar-refractivity contribution in [2.24, 2.45) is 17.8 Å². The molecule has 0 radical (unpaired) electrons. The first-order valence-electron chi connectivity index (χ1n) is 12.8. The minimum atomic E-state index is -0.169. The van der Waals surface area contributed by atoms with Gasteiger partial charge in [-0.25, -0.2) is 4.39 Å². The van der Waals surface area contributed by atoms with Crippen LogP contribution in [0.4, 0.5) is 4.39 Å². The molecular formula is C28H43FO. The van der Waals surface area contributed by atoms with E-state index in [1.807, 2.05) is 6.07 Å². The summed E-state index contributed by atoms with van der Waals surface area (Å²) < 4.78 is 20.6. The Morgan fingerprint density at radius 2 is 1.80 bits per heavy atom. The van der Waals surface area contributed by atoms with E-state index >= 15 is 0 Å². The van der Waals surface area contributed by atoms with Crippen molar-refractivity contribution in [1.29, 1.82) is 0 Å². The third-order valence-corrected chi connectivity index (χ3v) is 7.51. The first-order valence-corrected chi connectivity index (χ1v) is 12.8. The molecule has 1 nitrogen and oxygen atoms in total. The summed E-state index contributed by atoms with van der Waals surface area (Å²) in [6, 6.07) is 5.86. The van der Waals surface area contributed by atoms with Crippen LogP contribution in [0.3, 0.4) is 0 Å². The molecule has 2 atom stereocenters. The van der Waals surface area contributed by atoms with E-state index < -0.39 is 0 Å². The van der Waals surface area contributed by atoms with Crippen LogP contribution >= 0.6 is 0 Å². The first-order chi connectivity index (χ1) is 14.7. The molecule has 0 spiro atoms. The van der Waals surface area contributed by atoms with Gasteiger partial charge in [-0.3, -0.25) is 0 Å². The molecule has 2 heteroatoms. The molecule has 1 saturated carbocycles. The van der Waals surface area contributed by atoms with Crippen LogP contribution in [0.5, 0.6) is 5.75 Å². The lowest BCUT2D eigenvalue weighted by atomic mass is 9.69. The van der Waals surface area contributed by atoms with E-state index in [1.165, 1.54) is 69.8 Å². The Morgan fingerprint density at radius 1 is 0.967 bits per heavy atom. The number of hydrogen-bond donors (Lipinski definition) is 0. The Morgan fingerprint density at radius 3 is 2.47 bits per heavy atom. The summed E-state index contributed by atoms with van der Waals surface area (Å²) in [6.07, 6.45) is 20.9. The molecule has 30 heavy (non-hydrogen) atoms. The van der Waals surface area contributed by atoms with Gasteiger partial charge in [-0.1, -0.05) is 70.6 Å². The van der Waals surface area contributed by atoms with Crippen molar-refractivity contribution in [3.8, 4) is 5.75 Å². The molecule has 0 saturated heterocycles. The molecule has 1 aromatic carbocycles. The standard InChI is InChI=1S/C28H43FO/c1-3-5-9-19-30-28-18-17-25(21-27(28)29)26(20-23-11-7-6-8-12-23)24-15-13-22(10-4-2)14-16-24/h6-7,17-18,21-24,26H,3-5,8-16,19-20H2,1-2H3. The van der Waals surface area contributed by atoms with E-state index in [9.17, 15) is 4.39 Å². The summed E-state index contributed by atoms with van der Waals surface area (Å²) in [5, 5.41) is 0. The van der Waals surface area contributed by atoms with Gasteiger partial charge in [0.2, 0.25) is 0 Å². The normalized spacial score (nSPS) is 25.2. The highest BCUT2D eigenvalue weighted by atomic mass is 19.1. The van der Waals surface area contributed by atoms with Gasteiger partial charge in [0.05, 0.1) is 6.61 Å². The van der Waals surface area contributed by atoms with Crippen LogP contribution in [-0.2, 0) is 0 Å². The summed E-state index contributed by atoms with van der Waals surface area (Å²) in [6.45, 7) is 5.09. The number of unbranched alkanes of at least 4 members (excludes halogenated alkanes) is 2. The fraction of sp³-hybridized carbons (Fsp3) is 0.714. The molecule has 0 amide bonds. The van der Waals surface area contributed by atoms with Gasteiger partial charge in [0.15, 0.2) is 11.6 Å². The molecule has 3 rings (SSSR count). The average Bonchev–Trinajstić information content (AvgIpc) is 2.78. The van der Waals surface area contributed by atoms with E-state index in [0.717, 1.165) is 31.1 Å². The molecule has 2 aliphatic rings. The van der Waals surface area contributed by atoms with Gasteiger partial charge >= 0.3 is 0 Å². The van der Waals surface area contributed by atoms with E-state index in [4.69, 9.17) is 4.74 Å². The Hall–Kier alpha value is -1.31. The number of halogens is 1. The third-order valence-electron chi connectivity index (χ3n) is 7.51. The van der Waals surface area contributed by atoms with E-state index in [0.29, 0.717) is 24.2 Å². The minimum absolute atomic E-state index is 0.169. The summed E-state index contributed by atoms with van der Waals surface area (Å²) in [5.41, 5.74) is 1.21. The van der Waals surface area contributed by atoms with Gasteiger partial charge in [0, 0.05) is 0 Å². The quantitative estimate of drug-likeness (QED) is 0.259. The fourth-order valence-electron chi connectivity index (χ4n) is 5.72. The van der Waals surface area contributed by atoms with Crippen molar-refractivity contribution in [2.45, 2.75) is 103 Å². The maximum Gasteiger partial charge on any atom is 0.165 e. The van der Waals surface area contributed by atoms with E-state index in [1.54, 1.807) is 6.07 Å². The zero-order chi connectivity index (χ0) is 21.2. The number of rotatable bonds is 11. The van der Waals surface area contributed by atoms with Crippen molar-refractivity contribution in [1.82, 2.24) is 0 Å². The topological polar surface area (TPSA) is 9.23 Å². The Balaban J connectivity index is 1.69. The second-order valence-corrected chi connectivity index (χ2v) is 9.81. The van der Waals surface area contributed by atoms with Crippen LogP contribution in [0.1, 0.15) is 109 Å². The van der Waals surface area contributed by atoms with Gasteiger partial charge in [-0.05, 0) is 86.3 Å². The second-order valence-electron chi connectivity index (χ2n) is 9.81. The van der Waals surface area contributed by atoms with Crippen molar-refractivity contribution >= 4 is 0 Å². The lowest BCUT2D eigenvalue weighted by Gasteiger charge is -2.36. The molecule has 0 bridgehead atoms. The maximum absolute atomic E-state index is 14.9. The molecule has 2 aliphatic carbocycles. The lowest BCUT2D eigenvalue weighted by Crippen LogP contribution is -2.23. The van der Waals surface area contributed by atoms with Gasteiger partial charge in [-0.15, -0.1) is 0 Å². The number of allylic oxidation sites excluding steroid dienone is 2. The lowest BCUT2D eigenvalue weighted by molar-refractivity contribution is 0.211. The largest absolute Gasteiger partial charge is 0.491 e. The van der Waals surface area contributed by atoms with Crippen LogP contribution in [-0.4, -0.2) is 6.61 Å². The fourth-order valence-corrected chi connectivity index (χ4v) is 5.72. The zero-order valence-corrected chi connectivity index (χ0v) is 19.4. The van der Waals surface area contributed by atoms with Gasteiger partial charge in [0.1, 0.15) is 0 Å². The Kier molecular flexibility index (Phi) is 9.75. The van der Waals surface area contributed by atoms with Crippen molar-refractivity contribution < 1.29 is 9.13 Å². The number of ether oxygens (including phenoxy) is 1. The molecule has 0 aromatic heterocycles. The molecule has 2 unspecified atom stereocenters. The Bertz CT molecular complexity index is 644. The number of benzene rings is 1. The zero-order valence-electron chi connectivity index (χ0n) is 19.4. The Labute approximate surface area is 184 Å². The summed E-state index contributed by atoms with van der Waals surface area (Å²) in [7, 11) is 0. The SMILES string of the molecule is CCCCCOc1ccc(C(CC2CC=CCC2)C2CCC(CCC)CC2)cc1F. The molecular weight excluding hydrogens is 371 g/mol. The predicted octanol–water partition coefficient (Wildman–Crippen LogP) is 8.83. The summed E-state index contributed by atoms with van der Waals surface area (Å²) >= 11 is 0. The van der Waals surface area contributed by atoms with Gasteiger partial charge in [-0.2, -0.15) is 0 Å². The number of hydrogen-bond acceptors (Lipinski definition) is 1. The van der Waals surface area contributed by atoms with E-state index in [2.05, 4.69) is 32.1 Å². The van der Waals surface area contributed by atoms with Crippen LogP contribution < -0.4 is 4.74 Å². The molecule has 0 aliphatic heterocycles. The molecule has 1 fully saturated rings. The third kappa shape index (κ3) is 6.86. The van der Waals surface area contributed by atoms with Crippen molar-refractivity contribution in [2.75, 3.05) is 6.61 Å². The second kappa shape index (κ2) is 12.5. The monoisotopic (exact) mass is 414 g/mol. The maximum atomic E-state index is 14.9. The minimum Gasteiger partial charge on any atom is -0.491 e. The first kappa shape index (κ1) is 23.4. The molecule has 1 aromatic rings. The van der Waals surface area contributed by atoms with Crippen LogP contribution in [0, 0.1) is 23.6 Å². The molecule has 0 heterocycles. The van der Waals surface area contributed by atoms with Crippen LogP contribution in [0.25, 0.3) is 0 Å². The van der Waals surface area contributed by atoms with Crippen molar-refractivity contribution in [3.63, 3.8) is 0 Å². The van der Waals surface area contributed by atoms with E-state index in [-0.39, 0.29) is 5.82 Å². The smallest absolute Gasteiger partial charge is 0.165 e. The predicted molar refractivity (Wildman–Crippen MR) is 126 cm³/mol. The summed E-state index contributed by atoms with van der Waals surface area (Å²) in [5.74, 6) is 3.13. The molecule has 168 valence electrons. The average molecular weight is 415 g/mol.